The molecular formula is C22H21N5O3S. The molecule has 1 aromatic carbocycles. The molecule has 3 aromatic heterocycles. The average molecular weight is 436 g/mol. The third-order valence-electron chi connectivity index (χ3n) is 4.72. The topological polar surface area (TPSA) is 102 Å². The Kier molecular flexibility index (Phi) is 5.68. The maximum absolute atomic E-state index is 12.6. The van der Waals surface area contributed by atoms with Crippen molar-refractivity contribution in [2.24, 2.45) is 0 Å². The van der Waals surface area contributed by atoms with Gasteiger partial charge in [-0.2, -0.15) is 9.78 Å². The Balaban J connectivity index is 1.62. The van der Waals surface area contributed by atoms with Crippen LogP contribution in [0, 0.1) is 20.8 Å². The molecule has 0 radical (unpaired) electrons. The Hall–Kier alpha value is -3.72. The van der Waals surface area contributed by atoms with E-state index in [0.29, 0.717) is 28.5 Å². The molecule has 158 valence electrons. The summed E-state index contributed by atoms with van der Waals surface area (Å²) in [5.41, 5.74) is 2.64. The fraction of sp³-hybridized carbons (Fsp3) is 0.182. The van der Waals surface area contributed by atoms with Gasteiger partial charge in [-0.3, -0.25) is 14.6 Å². The van der Waals surface area contributed by atoms with Gasteiger partial charge in [0, 0.05) is 17.3 Å². The fourth-order valence-corrected chi connectivity index (χ4v) is 3.55. The van der Waals surface area contributed by atoms with Crippen molar-refractivity contribution in [3.63, 3.8) is 0 Å². The number of H-pyrrole nitrogens is 1. The maximum Gasteiger partial charge on any atom is 0.263 e. The van der Waals surface area contributed by atoms with E-state index in [1.165, 1.54) is 16.0 Å². The molecule has 4 aromatic rings. The van der Waals surface area contributed by atoms with Crippen LogP contribution < -0.4 is 15.6 Å². The molecular weight excluding hydrogens is 414 g/mol. The van der Waals surface area contributed by atoms with Crippen molar-refractivity contribution in [1.29, 1.82) is 0 Å². The lowest BCUT2D eigenvalue weighted by Gasteiger charge is -2.10. The summed E-state index contributed by atoms with van der Waals surface area (Å²) in [5, 5.41) is 9.30. The Morgan fingerprint density at radius 1 is 1.19 bits per heavy atom. The van der Waals surface area contributed by atoms with Gasteiger partial charge in [0.2, 0.25) is 5.95 Å². The van der Waals surface area contributed by atoms with Crippen LogP contribution in [0.3, 0.4) is 0 Å². The number of carbonyl (C=O) groups is 1. The number of anilines is 1. The van der Waals surface area contributed by atoms with E-state index in [-0.39, 0.29) is 24.0 Å². The lowest BCUT2D eigenvalue weighted by Crippen LogP contribution is -2.23. The molecule has 8 nitrogen and oxygen atoms in total. The second-order valence-electron chi connectivity index (χ2n) is 7.05. The van der Waals surface area contributed by atoms with Crippen LogP contribution in [-0.2, 0) is 4.79 Å². The Bertz CT molecular complexity index is 1270. The van der Waals surface area contributed by atoms with Gasteiger partial charge in [0.1, 0.15) is 17.3 Å². The number of carbonyl (C=O) groups excluding carboxylic acids is 1. The molecule has 0 saturated heterocycles. The number of thiophene rings is 1. The lowest BCUT2D eigenvalue weighted by atomic mass is 10.2. The quantitative estimate of drug-likeness (QED) is 0.482. The summed E-state index contributed by atoms with van der Waals surface area (Å²) in [4.78, 5) is 32.9. The first-order valence-corrected chi connectivity index (χ1v) is 10.5. The molecule has 1 amide bonds. The van der Waals surface area contributed by atoms with Crippen molar-refractivity contribution in [3.05, 3.63) is 75.0 Å². The minimum absolute atomic E-state index is 0.167. The summed E-state index contributed by atoms with van der Waals surface area (Å²) in [6.07, 6.45) is 0. The van der Waals surface area contributed by atoms with E-state index in [0.717, 1.165) is 10.4 Å². The molecule has 2 N–H and O–H groups in total. The van der Waals surface area contributed by atoms with Gasteiger partial charge in [0.05, 0.1) is 4.88 Å². The highest BCUT2D eigenvalue weighted by atomic mass is 32.1. The molecule has 3 heterocycles. The van der Waals surface area contributed by atoms with Gasteiger partial charge >= 0.3 is 0 Å². The highest BCUT2D eigenvalue weighted by Crippen LogP contribution is 2.27. The number of benzene rings is 1. The molecule has 4 rings (SSSR count). The number of aromatic amines is 1. The van der Waals surface area contributed by atoms with E-state index in [4.69, 9.17) is 4.74 Å². The molecule has 0 spiro atoms. The summed E-state index contributed by atoms with van der Waals surface area (Å²) in [6, 6.07) is 13.0. The van der Waals surface area contributed by atoms with Gasteiger partial charge in [0.25, 0.3) is 11.5 Å². The van der Waals surface area contributed by atoms with Crippen molar-refractivity contribution in [1.82, 2.24) is 19.7 Å². The van der Waals surface area contributed by atoms with E-state index in [1.54, 1.807) is 19.9 Å². The molecule has 9 heteroatoms. The fourth-order valence-electron chi connectivity index (χ4n) is 2.87. The van der Waals surface area contributed by atoms with Crippen LogP contribution in [-0.4, -0.2) is 32.3 Å². The van der Waals surface area contributed by atoms with Crippen LogP contribution in [0.15, 0.2) is 52.6 Å². The minimum Gasteiger partial charge on any atom is -0.484 e. The van der Waals surface area contributed by atoms with E-state index < -0.39 is 0 Å². The zero-order valence-electron chi connectivity index (χ0n) is 17.3. The SMILES string of the molecule is Cc1ccc(OCC(=O)Nc2cc(-c3cccs3)nn2-c2nc(C)c(C)c(=O)[nH]2)cc1. The average Bonchev–Trinajstić information content (AvgIpc) is 3.41. The van der Waals surface area contributed by atoms with Crippen molar-refractivity contribution in [3.8, 4) is 22.3 Å². The first-order chi connectivity index (χ1) is 14.9. The molecule has 0 unspecified atom stereocenters. The van der Waals surface area contributed by atoms with Crippen LogP contribution in [0.4, 0.5) is 5.82 Å². The van der Waals surface area contributed by atoms with Crippen molar-refractivity contribution in [2.75, 3.05) is 11.9 Å². The summed E-state index contributed by atoms with van der Waals surface area (Å²) in [6.45, 7) is 5.27. The number of ether oxygens (including phenoxy) is 1. The summed E-state index contributed by atoms with van der Waals surface area (Å²) in [7, 11) is 0. The molecule has 0 aliphatic carbocycles. The number of aryl methyl sites for hydroxylation is 2. The highest BCUT2D eigenvalue weighted by Gasteiger charge is 2.17. The number of rotatable bonds is 6. The zero-order valence-corrected chi connectivity index (χ0v) is 18.1. The number of hydrogen-bond acceptors (Lipinski definition) is 6. The van der Waals surface area contributed by atoms with Crippen LogP contribution in [0.25, 0.3) is 16.5 Å². The van der Waals surface area contributed by atoms with E-state index in [1.807, 2.05) is 48.7 Å². The van der Waals surface area contributed by atoms with Crippen molar-refractivity contribution in [2.45, 2.75) is 20.8 Å². The molecule has 31 heavy (non-hydrogen) atoms. The van der Waals surface area contributed by atoms with Gasteiger partial charge in [-0.05, 0) is 44.4 Å². The zero-order chi connectivity index (χ0) is 22.0. The van der Waals surface area contributed by atoms with Crippen LogP contribution in [0.1, 0.15) is 16.8 Å². The first-order valence-electron chi connectivity index (χ1n) is 9.62. The number of aromatic nitrogens is 4. The van der Waals surface area contributed by atoms with E-state index in [2.05, 4.69) is 20.4 Å². The lowest BCUT2D eigenvalue weighted by molar-refractivity contribution is -0.118. The van der Waals surface area contributed by atoms with Gasteiger partial charge in [-0.15, -0.1) is 11.3 Å². The standard InChI is InChI=1S/C22H21N5O3S/c1-13-6-8-16(9-7-13)30-12-20(28)24-19-11-17(18-5-4-10-31-18)26-27(19)22-23-15(3)14(2)21(29)25-22/h4-11H,12H2,1-3H3,(H,24,28)(H,23,25,29). The second-order valence-corrected chi connectivity index (χ2v) is 8.00. The Labute approximate surface area is 182 Å². The number of amides is 1. The maximum atomic E-state index is 12.6. The van der Waals surface area contributed by atoms with Crippen molar-refractivity contribution < 1.29 is 9.53 Å². The smallest absolute Gasteiger partial charge is 0.263 e. The summed E-state index contributed by atoms with van der Waals surface area (Å²) >= 11 is 1.52. The number of nitrogens with one attached hydrogen (secondary N) is 2. The van der Waals surface area contributed by atoms with Crippen LogP contribution >= 0.6 is 11.3 Å². The Morgan fingerprint density at radius 2 is 1.97 bits per heavy atom. The number of hydrogen-bond donors (Lipinski definition) is 2. The van der Waals surface area contributed by atoms with E-state index >= 15 is 0 Å². The van der Waals surface area contributed by atoms with Gasteiger partial charge in [-0.25, -0.2) is 4.98 Å². The summed E-state index contributed by atoms with van der Waals surface area (Å²) < 4.78 is 6.98. The normalized spacial score (nSPS) is 10.8. The molecule has 0 saturated carbocycles. The predicted molar refractivity (Wildman–Crippen MR) is 120 cm³/mol. The molecule has 0 aliphatic heterocycles. The third-order valence-corrected chi connectivity index (χ3v) is 5.62. The van der Waals surface area contributed by atoms with Gasteiger partial charge in [0.15, 0.2) is 6.61 Å². The number of nitrogens with zero attached hydrogens (tertiary/aromatic N) is 3. The molecule has 0 fully saturated rings. The van der Waals surface area contributed by atoms with Gasteiger partial charge < -0.3 is 10.1 Å². The van der Waals surface area contributed by atoms with Crippen molar-refractivity contribution >= 4 is 23.1 Å². The van der Waals surface area contributed by atoms with Crippen LogP contribution in [0.2, 0.25) is 0 Å². The Morgan fingerprint density at radius 3 is 2.65 bits per heavy atom. The third kappa shape index (κ3) is 4.56. The summed E-state index contributed by atoms with van der Waals surface area (Å²) in [5.74, 6) is 0.859. The predicted octanol–water partition coefficient (Wildman–Crippen LogP) is 3.63. The van der Waals surface area contributed by atoms with Gasteiger partial charge in [-0.1, -0.05) is 23.8 Å². The monoisotopic (exact) mass is 435 g/mol. The highest BCUT2D eigenvalue weighted by molar-refractivity contribution is 7.13. The molecule has 0 bridgehead atoms. The van der Waals surface area contributed by atoms with Crippen LogP contribution in [0.5, 0.6) is 5.75 Å². The first kappa shape index (κ1) is 20.5. The molecule has 0 atom stereocenters. The van der Waals surface area contributed by atoms with E-state index in [9.17, 15) is 9.59 Å². The second kappa shape index (κ2) is 8.57. The molecule has 0 aliphatic rings. The minimum atomic E-state index is -0.356. The largest absolute Gasteiger partial charge is 0.484 e.